The van der Waals surface area contributed by atoms with E-state index in [0.717, 1.165) is 0 Å². The molecule has 0 aliphatic rings. The Labute approximate surface area is 73.9 Å². The van der Waals surface area contributed by atoms with E-state index < -0.39 is 33.4 Å². The molecule has 0 heterocycles. The molecule has 66 valence electrons. The Kier molecular flexibility index (Phi) is 2.18. The van der Waals surface area contributed by atoms with Gasteiger partial charge in [-0.25, -0.2) is 8.78 Å². The molecule has 0 radical (unpaired) electrons. The van der Waals surface area contributed by atoms with Gasteiger partial charge < -0.3 is 10.8 Å². The van der Waals surface area contributed by atoms with Crippen LogP contribution in [0.1, 0.15) is 0 Å². The second-order valence-electron chi connectivity index (χ2n) is 2.02. The standard InChI is InChI=1S/C6H3BrF3NO/c7-1-2(8)3(9)4(10)6(12)5(1)11/h12H,11H2. The zero-order valence-electron chi connectivity index (χ0n) is 5.54. The van der Waals surface area contributed by atoms with Crippen LogP contribution in [0, 0.1) is 17.5 Å². The van der Waals surface area contributed by atoms with Crippen molar-refractivity contribution in [3.8, 4) is 5.75 Å². The summed E-state index contributed by atoms with van der Waals surface area (Å²) in [7, 11) is 0. The third-order valence-electron chi connectivity index (χ3n) is 1.28. The normalized spacial score (nSPS) is 10.3. The molecule has 12 heavy (non-hydrogen) atoms. The van der Waals surface area contributed by atoms with E-state index in [-0.39, 0.29) is 0 Å². The Morgan fingerprint density at radius 1 is 1.08 bits per heavy atom. The summed E-state index contributed by atoms with van der Waals surface area (Å²) >= 11 is 2.55. The van der Waals surface area contributed by atoms with E-state index >= 15 is 0 Å². The molecule has 0 saturated heterocycles. The van der Waals surface area contributed by atoms with Gasteiger partial charge in [0.2, 0.25) is 5.82 Å². The number of phenols is 1. The Bertz CT molecular complexity index is 237. The topological polar surface area (TPSA) is 46.2 Å². The lowest BCUT2D eigenvalue weighted by Crippen LogP contribution is -1.98. The van der Waals surface area contributed by atoms with Crippen LogP contribution in [-0.4, -0.2) is 5.11 Å². The molecule has 0 aliphatic carbocycles. The van der Waals surface area contributed by atoms with Gasteiger partial charge in [0.1, 0.15) is 0 Å². The van der Waals surface area contributed by atoms with Gasteiger partial charge in [0.25, 0.3) is 0 Å². The van der Waals surface area contributed by atoms with Crippen molar-refractivity contribution in [2.45, 2.75) is 0 Å². The predicted octanol–water partition coefficient (Wildman–Crippen LogP) is 2.15. The Hall–Kier alpha value is -0.910. The number of benzene rings is 1. The number of nitrogens with two attached hydrogens (primary N) is 1. The summed E-state index contributed by atoms with van der Waals surface area (Å²) < 4.78 is 37.0. The molecule has 1 aromatic rings. The molecule has 0 aliphatic heterocycles. The molecular weight excluding hydrogens is 239 g/mol. The molecule has 3 N–H and O–H groups in total. The lowest BCUT2D eigenvalue weighted by Gasteiger charge is -2.04. The number of anilines is 1. The van der Waals surface area contributed by atoms with Crippen LogP contribution in [-0.2, 0) is 0 Å². The van der Waals surface area contributed by atoms with E-state index in [4.69, 9.17) is 10.8 Å². The van der Waals surface area contributed by atoms with Gasteiger partial charge in [0, 0.05) is 0 Å². The summed E-state index contributed by atoms with van der Waals surface area (Å²) in [6.45, 7) is 0. The fraction of sp³-hybridized carbons (Fsp3) is 0. The van der Waals surface area contributed by atoms with E-state index in [0.29, 0.717) is 0 Å². The van der Waals surface area contributed by atoms with E-state index in [1.807, 2.05) is 0 Å². The van der Waals surface area contributed by atoms with Gasteiger partial charge in [0.05, 0.1) is 10.2 Å². The second-order valence-corrected chi connectivity index (χ2v) is 2.81. The number of rotatable bonds is 0. The van der Waals surface area contributed by atoms with Crippen molar-refractivity contribution in [1.29, 1.82) is 0 Å². The highest BCUT2D eigenvalue weighted by molar-refractivity contribution is 9.10. The molecule has 6 heteroatoms. The molecule has 1 rings (SSSR count). The molecule has 2 nitrogen and oxygen atoms in total. The highest BCUT2D eigenvalue weighted by atomic mass is 79.9. The lowest BCUT2D eigenvalue weighted by molar-refractivity contribution is 0.387. The van der Waals surface area contributed by atoms with Crippen LogP contribution in [0.5, 0.6) is 5.75 Å². The minimum Gasteiger partial charge on any atom is -0.503 e. The average Bonchev–Trinajstić information content (AvgIpc) is 2.08. The third-order valence-corrected chi connectivity index (χ3v) is 2.05. The van der Waals surface area contributed by atoms with Crippen molar-refractivity contribution in [3.63, 3.8) is 0 Å². The minimum absolute atomic E-state index is 0.487. The number of hydrogen-bond donors (Lipinski definition) is 2. The van der Waals surface area contributed by atoms with Crippen LogP contribution in [0.3, 0.4) is 0 Å². The second kappa shape index (κ2) is 2.85. The molecule has 0 amide bonds. The highest BCUT2D eigenvalue weighted by Gasteiger charge is 2.21. The number of nitrogen functional groups attached to an aromatic ring is 1. The average molecular weight is 242 g/mol. The van der Waals surface area contributed by atoms with Crippen LogP contribution >= 0.6 is 15.9 Å². The first kappa shape index (κ1) is 9.18. The maximum Gasteiger partial charge on any atom is 0.205 e. The van der Waals surface area contributed by atoms with Crippen molar-refractivity contribution in [1.82, 2.24) is 0 Å². The largest absolute Gasteiger partial charge is 0.503 e. The van der Waals surface area contributed by atoms with Gasteiger partial charge in [-0.1, -0.05) is 0 Å². The van der Waals surface area contributed by atoms with Crippen molar-refractivity contribution in [2.75, 3.05) is 5.73 Å². The van der Waals surface area contributed by atoms with Crippen molar-refractivity contribution < 1.29 is 18.3 Å². The van der Waals surface area contributed by atoms with Crippen molar-refractivity contribution in [2.24, 2.45) is 0 Å². The Morgan fingerprint density at radius 3 is 2.08 bits per heavy atom. The van der Waals surface area contributed by atoms with Gasteiger partial charge in [-0.15, -0.1) is 0 Å². The monoisotopic (exact) mass is 241 g/mol. The molecule has 0 fully saturated rings. The summed E-state index contributed by atoms with van der Waals surface area (Å²) in [6.07, 6.45) is 0. The van der Waals surface area contributed by atoms with Crippen LogP contribution in [0.15, 0.2) is 4.47 Å². The summed E-state index contributed by atoms with van der Waals surface area (Å²) in [5.41, 5.74) is 4.45. The Balaban J connectivity index is 3.60. The van der Waals surface area contributed by atoms with E-state index in [1.165, 1.54) is 0 Å². The van der Waals surface area contributed by atoms with Crippen molar-refractivity contribution >= 4 is 21.6 Å². The number of hydrogen-bond acceptors (Lipinski definition) is 2. The quantitative estimate of drug-likeness (QED) is 0.317. The zero-order valence-corrected chi connectivity index (χ0v) is 7.12. The van der Waals surface area contributed by atoms with Crippen LogP contribution < -0.4 is 5.73 Å². The van der Waals surface area contributed by atoms with Gasteiger partial charge >= 0.3 is 0 Å². The fourth-order valence-corrected chi connectivity index (χ4v) is 0.999. The highest BCUT2D eigenvalue weighted by Crippen LogP contribution is 2.35. The summed E-state index contributed by atoms with van der Waals surface area (Å²) in [6, 6.07) is 0. The van der Waals surface area contributed by atoms with Gasteiger partial charge in [-0.3, -0.25) is 0 Å². The number of aromatic hydroxyl groups is 1. The maximum atomic E-state index is 12.6. The summed E-state index contributed by atoms with van der Waals surface area (Å²) in [4.78, 5) is 0. The van der Waals surface area contributed by atoms with E-state index in [1.54, 1.807) is 0 Å². The molecule has 0 aromatic heterocycles. The van der Waals surface area contributed by atoms with Crippen LogP contribution in [0.4, 0.5) is 18.9 Å². The summed E-state index contributed by atoms with van der Waals surface area (Å²) in [5, 5.41) is 8.76. The number of phenolic OH excluding ortho intramolecular Hbond substituents is 1. The van der Waals surface area contributed by atoms with Gasteiger partial charge in [-0.05, 0) is 15.9 Å². The third kappa shape index (κ3) is 1.12. The minimum atomic E-state index is -1.76. The maximum absolute atomic E-state index is 12.6. The smallest absolute Gasteiger partial charge is 0.205 e. The molecule has 0 unspecified atom stereocenters. The van der Waals surface area contributed by atoms with E-state index in [9.17, 15) is 13.2 Å². The molecule has 0 bridgehead atoms. The summed E-state index contributed by atoms with van der Waals surface area (Å²) in [5.74, 6) is -6.00. The van der Waals surface area contributed by atoms with E-state index in [2.05, 4.69) is 15.9 Å². The predicted molar refractivity (Wildman–Crippen MR) is 40.1 cm³/mol. The van der Waals surface area contributed by atoms with Gasteiger partial charge in [-0.2, -0.15) is 4.39 Å². The zero-order chi connectivity index (χ0) is 9.46. The van der Waals surface area contributed by atoms with Gasteiger partial charge in [0.15, 0.2) is 17.4 Å². The SMILES string of the molecule is Nc1c(O)c(F)c(F)c(F)c1Br. The first-order chi connectivity index (χ1) is 5.46. The molecule has 0 saturated carbocycles. The first-order valence-corrected chi connectivity index (χ1v) is 3.56. The first-order valence-electron chi connectivity index (χ1n) is 2.77. The molecule has 0 spiro atoms. The lowest BCUT2D eigenvalue weighted by atomic mass is 10.2. The number of halogens is 4. The van der Waals surface area contributed by atoms with Crippen LogP contribution in [0.25, 0.3) is 0 Å². The molecule has 1 aromatic carbocycles. The van der Waals surface area contributed by atoms with Crippen LogP contribution in [0.2, 0.25) is 0 Å². The Morgan fingerprint density at radius 2 is 1.58 bits per heavy atom. The van der Waals surface area contributed by atoms with Crippen molar-refractivity contribution in [3.05, 3.63) is 21.9 Å². The molecular formula is C6H3BrF3NO. The fourth-order valence-electron chi connectivity index (χ4n) is 0.637. The molecule has 0 atom stereocenters.